The molecule has 3 amide bonds. The van der Waals surface area contributed by atoms with Gasteiger partial charge in [-0.25, -0.2) is 9.18 Å². The van der Waals surface area contributed by atoms with Crippen LogP contribution in [0.4, 0.5) is 9.18 Å². The number of carbonyl (C=O) groups is 2. The number of rotatable bonds is 6. The molecule has 1 aliphatic heterocycles. The van der Waals surface area contributed by atoms with Gasteiger partial charge in [-0.3, -0.25) is 4.79 Å². The number of hydrogen-bond acceptors (Lipinski definition) is 4. The molecule has 0 fully saturated rings. The van der Waals surface area contributed by atoms with Crippen LogP contribution in [0, 0.1) is 5.82 Å². The van der Waals surface area contributed by atoms with E-state index in [2.05, 4.69) is 5.32 Å². The monoisotopic (exact) mass is 447 g/mol. The first-order valence-electron chi connectivity index (χ1n) is 10.5. The summed E-state index contributed by atoms with van der Waals surface area (Å²) in [5.41, 5.74) is 0.574. The third kappa shape index (κ3) is 5.55. The van der Waals surface area contributed by atoms with Crippen molar-refractivity contribution in [2.75, 3.05) is 26.2 Å². The van der Waals surface area contributed by atoms with Gasteiger partial charge in [0, 0.05) is 23.5 Å². The third-order valence-electron chi connectivity index (χ3n) is 5.31. The second kappa shape index (κ2) is 9.68. The zero-order valence-electron chi connectivity index (χ0n) is 18.5. The highest BCUT2D eigenvalue weighted by atomic mass is 32.1. The van der Waals surface area contributed by atoms with E-state index in [1.165, 1.54) is 17.0 Å². The molecule has 0 saturated carbocycles. The highest BCUT2D eigenvalue weighted by molar-refractivity contribution is 7.10. The number of halogens is 1. The maximum atomic E-state index is 13.4. The van der Waals surface area contributed by atoms with Gasteiger partial charge in [0.05, 0.1) is 6.04 Å². The van der Waals surface area contributed by atoms with E-state index in [0.29, 0.717) is 18.8 Å². The van der Waals surface area contributed by atoms with Crippen LogP contribution in [0.1, 0.15) is 44.2 Å². The fraction of sp³-hybridized carbons (Fsp3) is 0.478. The van der Waals surface area contributed by atoms with Crippen molar-refractivity contribution in [3.63, 3.8) is 0 Å². The molecule has 2 aromatic rings. The normalized spacial score (nSPS) is 15.9. The predicted octanol–water partition coefficient (Wildman–Crippen LogP) is 4.22. The lowest BCUT2D eigenvalue weighted by Gasteiger charge is -2.40. The highest BCUT2D eigenvalue weighted by Crippen LogP contribution is 2.34. The van der Waals surface area contributed by atoms with Gasteiger partial charge in [0.15, 0.2) is 0 Å². The molecule has 0 aliphatic carbocycles. The molecular weight excluding hydrogens is 417 g/mol. The van der Waals surface area contributed by atoms with Crippen molar-refractivity contribution in [3.05, 3.63) is 52.0 Å². The quantitative estimate of drug-likeness (QED) is 0.721. The number of hydrogen-bond donors (Lipinski definition) is 1. The van der Waals surface area contributed by atoms with E-state index in [1.54, 1.807) is 33.3 Å². The number of carbonyl (C=O) groups excluding carboxylic acids is 2. The Hall–Kier alpha value is -2.61. The smallest absolute Gasteiger partial charge is 0.318 e. The fourth-order valence-corrected chi connectivity index (χ4v) is 4.60. The zero-order valence-corrected chi connectivity index (χ0v) is 19.3. The van der Waals surface area contributed by atoms with Gasteiger partial charge in [0.1, 0.15) is 24.7 Å². The second-order valence-electron chi connectivity index (χ2n) is 8.51. The summed E-state index contributed by atoms with van der Waals surface area (Å²) < 4.78 is 19.1. The van der Waals surface area contributed by atoms with Crippen LogP contribution >= 0.6 is 11.3 Å². The molecule has 0 unspecified atom stereocenters. The van der Waals surface area contributed by atoms with Crippen LogP contribution < -0.4 is 10.1 Å². The Labute approximate surface area is 187 Å². The van der Waals surface area contributed by atoms with E-state index in [1.807, 2.05) is 39.1 Å². The summed E-state index contributed by atoms with van der Waals surface area (Å²) in [5, 5.41) is 4.82. The first-order valence-corrected chi connectivity index (χ1v) is 11.4. The Morgan fingerprint density at radius 3 is 2.61 bits per heavy atom. The molecule has 0 spiro atoms. The molecule has 1 N–H and O–H groups in total. The Kier molecular flexibility index (Phi) is 7.20. The number of nitrogens with one attached hydrogen (secondary N) is 1. The van der Waals surface area contributed by atoms with Crippen LogP contribution in [0.3, 0.4) is 0 Å². The Balaban J connectivity index is 1.79. The molecule has 3 rings (SSSR count). The van der Waals surface area contributed by atoms with Gasteiger partial charge in [0.2, 0.25) is 5.91 Å². The molecule has 31 heavy (non-hydrogen) atoms. The van der Waals surface area contributed by atoms with Gasteiger partial charge >= 0.3 is 6.03 Å². The first kappa shape index (κ1) is 23.1. The molecule has 6 nitrogen and oxygen atoms in total. The standard InChI is InChI=1S/C23H30FN3O3S/c1-5-25-22(29)27(23(2,3)4)14-21(28)26-12-10-20-18(11-13-31-20)19(26)15-30-17-8-6-16(24)7-9-17/h6-9,11,13,19H,5,10,12,14-15H2,1-4H3,(H,25,29)/t19-/m1/s1. The van der Waals surface area contributed by atoms with Crippen LogP contribution in [0.15, 0.2) is 35.7 Å². The lowest BCUT2D eigenvalue weighted by Crippen LogP contribution is -2.55. The minimum absolute atomic E-state index is 0.0121. The number of thiophene rings is 1. The van der Waals surface area contributed by atoms with E-state index < -0.39 is 5.54 Å². The molecular formula is C23H30FN3O3S. The molecule has 1 aromatic heterocycles. The first-order chi connectivity index (χ1) is 14.7. The van der Waals surface area contributed by atoms with Crippen LogP contribution in [0.2, 0.25) is 0 Å². The van der Waals surface area contributed by atoms with E-state index in [-0.39, 0.29) is 36.9 Å². The minimum atomic E-state index is -0.502. The summed E-state index contributed by atoms with van der Waals surface area (Å²) in [7, 11) is 0. The van der Waals surface area contributed by atoms with Gasteiger partial charge in [-0.2, -0.15) is 0 Å². The molecule has 8 heteroatoms. The molecule has 0 radical (unpaired) electrons. The minimum Gasteiger partial charge on any atom is -0.491 e. The average Bonchev–Trinajstić information content (AvgIpc) is 3.19. The summed E-state index contributed by atoms with van der Waals surface area (Å²) in [5.74, 6) is 0.107. The van der Waals surface area contributed by atoms with Crippen LogP contribution in [0.5, 0.6) is 5.75 Å². The Morgan fingerprint density at radius 2 is 1.97 bits per heavy atom. The summed E-state index contributed by atoms with van der Waals surface area (Å²) >= 11 is 1.68. The second-order valence-corrected chi connectivity index (χ2v) is 9.51. The van der Waals surface area contributed by atoms with Crippen molar-refractivity contribution >= 4 is 23.3 Å². The van der Waals surface area contributed by atoms with Gasteiger partial charge in [-0.1, -0.05) is 0 Å². The predicted molar refractivity (Wildman–Crippen MR) is 120 cm³/mol. The summed E-state index contributed by atoms with van der Waals surface area (Å²) in [6.45, 7) is 8.91. The van der Waals surface area contributed by atoms with Crippen molar-refractivity contribution in [2.45, 2.75) is 45.7 Å². The highest BCUT2D eigenvalue weighted by Gasteiger charge is 2.35. The fourth-order valence-electron chi connectivity index (χ4n) is 3.67. The molecule has 0 bridgehead atoms. The lowest BCUT2D eigenvalue weighted by molar-refractivity contribution is -0.136. The van der Waals surface area contributed by atoms with E-state index in [9.17, 15) is 14.0 Å². The lowest BCUT2D eigenvalue weighted by atomic mass is 10.00. The van der Waals surface area contributed by atoms with Crippen molar-refractivity contribution in [1.29, 1.82) is 0 Å². The van der Waals surface area contributed by atoms with E-state index in [4.69, 9.17) is 4.74 Å². The molecule has 0 saturated heterocycles. The maximum absolute atomic E-state index is 13.4. The van der Waals surface area contributed by atoms with Crippen LogP contribution in [-0.2, 0) is 11.2 Å². The summed E-state index contributed by atoms with van der Waals surface area (Å²) in [6, 6.07) is 7.37. The van der Waals surface area contributed by atoms with E-state index in [0.717, 1.165) is 12.0 Å². The van der Waals surface area contributed by atoms with Gasteiger partial charge in [-0.15, -0.1) is 11.3 Å². The number of amides is 3. The number of nitrogens with zero attached hydrogens (tertiary/aromatic N) is 2. The van der Waals surface area contributed by atoms with Crippen molar-refractivity contribution in [3.8, 4) is 5.75 Å². The van der Waals surface area contributed by atoms with Crippen molar-refractivity contribution in [1.82, 2.24) is 15.1 Å². The number of benzene rings is 1. The number of ether oxygens (including phenoxy) is 1. The summed E-state index contributed by atoms with van der Waals surface area (Å²) in [6.07, 6.45) is 0.780. The number of urea groups is 1. The molecule has 1 aromatic carbocycles. The van der Waals surface area contributed by atoms with Gasteiger partial charge < -0.3 is 19.9 Å². The van der Waals surface area contributed by atoms with Crippen molar-refractivity contribution in [2.24, 2.45) is 0 Å². The van der Waals surface area contributed by atoms with Crippen LogP contribution in [0.25, 0.3) is 0 Å². The van der Waals surface area contributed by atoms with Crippen molar-refractivity contribution < 1.29 is 18.7 Å². The molecule has 2 heterocycles. The topological polar surface area (TPSA) is 61.9 Å². The Bertz CT molecular complexity index is 908. The molecule has 168 valence electrons. The largest absolute Gasteiger partial charge is 0.491 e. The average molecular weight is 448 g/mol. The Morgan fingerprint density at radius 1 is 1.26 bits per heavy atom. The zero-order chi connectivity index (χ0) is 22.6. The van der Waals surface area contributed by atoms with Gasteiger partial charge in [0.25, 0.3) is 0 Å². The van der Waals surface area contributed by atoms with Gasteiger partial charge in [-0.05, 0) is 75.4 Å². The molecule has 1 atom stereocenters. The SMILES string of the molecule is CCNC(=O)N(CC(=O)N1CCc2sccc2[C@H]1COc1ccc(F)cc1)C(C)(C)C. The maximum Gasteiger partial charge on any atom is 0.318 e. The third-order valence-corrected chi connectivity index (χ3v) is 6.31. The van der Waals surface area contributed by atoms with E-state index >= 15 is 0 Å². The number of fused-ring (bicyclic) bond motifs is 1. The van der Waals surface area contributed by atoms with Crippen LogP contribution in [-0.4, -0.2) is 53.5 Å². The molecule has 1 aliphatic rings. The summed E-state index contributed by atoms with van der Waals surface area (Å²) in [4.78, 5) is 30.6.